The van der Waals surface area contributed by atoms with Gasteiger partial charge in [0.1, 0.15) is 11.5 Å². The molecule has 2 aromatic heterocycles. The van der Waals surface area contributed by atoms with Crippen molar-refractivity contribution < 1.29 is 9.21 Å². The van der Waals surface area contributed by atoms with E-state index in [1.54, 1.807) is 10.9 Å². The Balaban J connectivity index is 1.78. The second-order valence-electron chi connectivity index (χ2n) is 6.12. The molecule has 1 N–H and O–H groups in total. The van der Waals surface area contributed by atoms with Crippen LogP contribution in [0.2, 0.25) is 0 Å². The van der Waals surface area contributed by atoms with Crippen LogP contribution >= 0.6 is 0 Å². The molecule has 0 unspecified atom stereocenters. The summed E-state index contributed by atoms with van der Waals surface area (Å²) in [6, 6.07) is 13.5. The van der Waals surface area contributed by atoms with Crippen LogP contribution in [0.1, 0.15) is 16.1 Å². The molecule has 6 heteroatoms. The first-order valence-electron chi connectivity index (χ1n) is 8.44. The molecule has 0 saturated carbocycles. The third-order valence-corrected chi connectivity index (χ3v) is 4.34. The Hall–Kier alpha value is -2.86. The first kappa shape index (κ1) is 15.7. The molecule has 128 valence electrons. The van der Waals surface area contributed by atoms with Crippen molar-refractivity contribution in [3.8, 4) is 17.1 Å². The molecule has 1 aliphatic rings. The van der Waals surface area contributed by atoms with E-state index in [1.165, 1.54) is 0 Å². The number of carbonyl (C=O) groups excluding carboxylic acids is 1. The van der Waals surface area contributed by atoms with E-state index in [2.05, 4.69) is 10.4 Å². The Morgan fingerprint density at radius 3 is 2.56 bits per heavy atom. The number of rotatable bonds is 3. The monoisotopic (exact) mass is 336 g/mol. The molecule has 0 spiro atoms. The predicted molar refractivity (Wildman–Crippen MR) is 94.8 cm³/mol. The maximum Gasteiger partial charge on any atom is 0.257 e. The third kappa shape index (κ3) is 3.08. The number of benzene rings is 1. The Morgan fingerprint density at radius 1 is 1.12 bits per heavy atom. The molecule has 1 saturated heterocycles. The predicted octanol–water partition coefficient (Wildman–Crippen LogP) is 2.49. The van der Waals surface area contributed by atoms with Gasteiger partial charge < -0.3 is 14.6 Å². The SMILES string of the molecule is Cc1ccc(-c2nn(-c3ccccc3)cc2C(=O)N2CCNCC2)o1. The maximum absolute atomic E-state index is 13.0. The molecular weight excluding hydrogens is 316 g/mol. The van der Waals surface area contributed by atoms with Gasteiger partial charge in [-0.3, -0.25) is 4.79 Å². The number of aromatic nitrogens is 2. The Morgan fingerprint density at radius 2 is 1.88 bits per heavy atom. The van der Waals surface area contributed by atoms with Gasteiger partial charge >= 0.3 is 0 Å². The topological polar surface area (TPSA) is 63.3 Å². The number of hydrogen-bond donors (Lipinski definition) is 1. The molecule has 1 aromatic carbocycles. The summed E-state index contributed by atoms with van der Waals surface area (Å²) < 4.78 is 7.48. The quantitative estimate of drug-likeness (QED) is 0.798. The Kier molecular flexibility index (Phi) is 4.11. The molecule has 0 radical (unpaired) electrons. The van der Waals surface area contributed by atoms with Gasteiger partial charge in [-0.25, -0.2) is 4.68 Å². The summed E-state index contributed by atoms with van der Waals surface area (Å²) in [4.78, 5) is 14.9. The smallest absolute Gasteiger partial charge is 0.257 e. The number of piperazine rings is 1. The fourth-order valence-corrected chi connectivity index (χ4v) is 3.03. The zero-order valence-electron chi connectivity index (χ0n) is 14.1. The highest BCUT2D eigenvalue weighted by Gasteiger charge is 2.25. The third-order valence-electron chi connectivity index (χ3n) is 4.34. The van der Waals surface area contributed by atoms with E-state index in [4.69, 9.17) is 4.42 Å². The molecule has 0 bridgehead atoms. The van der Waals surface area contributed by atoms with Gasteiger partial charge in [-0.05, 0) is 31.2 Å². The second-order valence-corrected chi connectivity index (χ2v) is 6.12. The number of aryl methyl sites for hydroxylation is 1. The molecule has 25 heavy (non-hydrogen) atoms. The fourth-order valence-electron chi connectivity index (χ4n) is 3.03. The summed E-state index contributed by atoms with van der Waals surface area (Å²) in [7, 11) is 0. The number of nitrogens with zero attached hydrogens (tertiary/aromatic N) is 3. The van der Waals surface area contributed by atoms with E-state index in [9.17, 15) is 4.79 Å². The minimum Gasteiger partial charge on any atom is -0.460 e. The van der Waals surface area contributed by atoms with Crippen LogP contribution in [-0.4, -0.2) is 46.8 Å². The van der Waals surface area contributed by atoms with Crippen LogP contribution in [-0.2, 0) is 0 Å². The van der Waals surface area contributed by atoms with Gasteiger partial charge in [-0.15, -0.1) is 0 Å². The fraction of sp³-hybridized carbons (Fsp3) is 0.263. The average Bonchev–Trinajstić information content (AvgIpc) is 3.29. The first-order chi connectivity index (χ1) is 12.2. The Labute approximate surface area is 146 Å². The number of amides is 1. The molecule has 0 atom stereocenters. The van der Waals surface area contributed by atoms with Crippen molar-refractivity contribution in [2.24, 2.45) is 0 Å². The van der Waals surface area contributed by atoms with Gasteiger partial charge in [-0.1, -0.05) is 18.2 Å². The lowest BCUT2D eigenvalue weighted by Crippen LogP contribution is -2.46. The molecule has 6 nitrogen and oxygen atoms in total. The summed E-state index contributed by atoms with van der Waals surface area (Å²) in [5.41, 5.74) is 2.06. The van der Waals surface area contributed by atoms with Gasteiger partial charge in [-0.2, -0.15) is 5.10 Å². The summed E-state index contributed by atoms with van der Waals surface area (Å²) in [5, 5.41) is 7.91. The summed E-state index contributed by atoms with van der Waals surface area (Å²) in [6.07, 6.45) is 1.80. The van der Waals surface area contributed by atoms with Crippen LogP contribution in [0.25, 0.3) is 17.1 Å². The lowest BCUT2D eigenvalue weighted by atomic mass is 10.1. The van der Waals surface area contributed by atoms with Crippen LogP contribution in [0.4, 0.5) is 0 Å². The van der Waals surface area contributed by atoms with Crippen LogP contribution in [0, 0.1) is 6.92 Å². The lowest BCUT2D eigenvalue weighted by molar-refractivity contribution is 0.0736. The minimum absolute atomic E-state index is 0.00673. The molecule has 1 aliphatic heterocycles. The van der Waals surface area contributed by atoms with Gasteiger partial charge in [0.25, 0.3) is 5.91 Å². The van der Waals surface area contributed by atoms with E-state index < -0.39 is 0 Å². The average molecular weight is 336 g/mol. The zero-order valence-corrected chi connectivity index (χ0v) is 14.1. The molecular formula is C19H20N4O2. The highest BCUT2D eigenvalue weighted by Crippen LogP contribution is 2.26. The maximum atomic E-state index is 13.0. The van der Waals surface area contributed by atoms with Crippen LogP contribution in [0.5, 0.6) is 0 Å². The second kappa shape index (κ2) is 6.57. The zero-order chi connectivity index (χ0) is 17.2. The van der Waals surface area contributed by atoms with Crippen molar-refractivity contribution in [2.75, 3.05) is 26.2 Å². The van der Waals surface area contributed by atoms with Crippen molar-refractivity contribution in [1.29, 1.82) is 0 Å². The molecule has 1 fully saturated rings. The molecule has 1 amide bonds. The molecule has 4 rings (SSSR count). The number of carbonyl (C=O) groups is 1. The number of hydrogen-bond acceptors (Lipinski definition) is 4. The summed E-state index contributed by atoms with van der Waals surface area (Å²) in [5.74, 6) is 1.41. The van der Waals surface area contributed by atoms with Crippen molar-refractivity contribution in [2.45, 2.75) is 6.92 Å². The van der Waals surface area contributed by atoms with Crippen LogP contribution in [0.15, 0.2) is 53.1 Å². The van der Waals surface area contributed by atoms with E-state index >= 15 is 0 Å². The number of nitrogens with one attached hydrogen (secondary N) is 1. The number of para-hydroxylation sites is 1. The largest absolute Gasteiger partial charge is 0.460 e. The van der Waals surface area contributed by atoms with Crippen molar-refractivity contribution in [3.63, 3.8) is 0 Å². The normalized spacial score (nSPS) is 14.7. The van der Waals surface area contributed by atoms with Gasteiger partial charge in [0.15, 0.2) is 5.76 Å². The Bertz CT molecular complexity index is 876. The molecule has 3 heterocycles. The van der Waals surface area contributed by atoms with Gasteiger partial charge in [0, 0.05) is 32.4 Å². The summed E-state index contributed by atoms with van der Waals surface area (Å²) >= 11 is 0. The van der Waals surface area contributed by atoms with Crippen LogP contribution in [0.3, 0.4) is 0 Å². The minimum atomic E-state index is -0.00673. The van der Waals surface area contributed by atoms with E-state index in [-0.39, 0.29) is 5.91 Å². The highest BCUT2D eigenvalue weighted by atomic mass is 16.3. The number of furan rings is 1. The molecule has 0 aliphatic carbocycles. The van der Waals surface area contributed by atoms with Crippen molar-refractivity contribution in [3.05, 3.63) is 60.0 Å². The highest BCUT2D eigenvalue weighted by molar-refractivity contribution is 5.99. The molecule has 3 aromatic rings. The van der Waals surface area contributed by atoms with Gasteiger partial charge in [0.05, 0.1) is 11.3 Å². The van der Waals surface area contributed by atoms with E-state index in [0.717, 1.165) is 24.5 Å². The van der Waals surface area contributed by atoms with Crippen molar-refractivity contribution >= 4 is 5.91 Å². The summed E-state index contributed by atoms with van der Waals surface area (Å²) in [6.45, 7) is 4.91. The van der Waals surface area contributed by atoms with Crippen LogP contribution < -0.4 is 5.32 Å². The standard InChI is InChI=1S/C19H20N4O2/c1-14-7-8-17(25-14)18-16(19(24)22-11-9-20-10-12-22)13-23(21-18)15-5-3-2-4-6-15/h2-8,13,20H,9-12H2,1H3. The van der Waals surface area contributed by atoms with E-state index in [0.29, 0.717) is 30.1 Å². The van der Waals surface area contributed by atoms with E-state index in [1.807, 2.05) is 54.3 Å². The van der Waals surface area contributed by atoms with Gasteiger partial charge in [0.2, 0.25) is 0 Å². The first-order valence-corrected chi connectivity index (χ1v) is 8.44. The lowest BCUT2D eigenvalue weighted by Gasteiger charge is -2.27. The van der Waals surface area contributed by atoms with Crippen molar-refractivity contribution in [1.82, 2.24) is 20.0 Å².